The third kappa shape index (κ3) is 4.18. The van der Waals surface area contributed by atoms with Crippen LogP contribution in [0, 0.1) is 10.8 Å². The molecule has 5 nitrogen and oxygen atoms in total. The number of hydrogen-bond donors (Lipinski definition) is 0. The standard InChI is InChI=1S/C22H38N2O3/c1-7-9-11-22(8-2)18(26-5)16-21(17-19(22)27-6)12-15-24(20(21)25)14-10-13-23(3)4/h16-17H,7-15H2,1-6H3. The summed E-state index contributed by atoms with van der Waals surface area (Å²) in [5, 5.41) is 0. The molecule has 27 heavy (non-hydrogen) atoms. The Balaban J connectivity index is 2.30. The number of amides is 1. The number of unbranched alkanes of at least 4 members (excludes halogenated alkanes) is 1. The van der Waals surface area contributed by atoms with Gasteiger partial charge in [0.1, 0.15) is 11.5 Å². The van der Waals surface area contributed by atoms with E-state index >= 15 is 0 Å². The van der Waals surface area contributed by atoms with Crippen LogP contribution in [0.5, 0.6) is 0 Å². The van der Waals surface area contributed by atoms with Crippen LogP contribution in [-0.4, -0.2) is 63.7 Å². The van der Waals surface area contributed by atoms with Crippen molar-refractivity contribution in [3.8, 4) is 0 Å². The Bertz CT molecular complexity index is 558. The molecular weight excluding hydrogens is 340 g/mol. The molecule has 0 aromatic heterocycles. The average Bonchev–Trinajstić information content (AvgIpc) is 2.95. The largest absolute Gasteiger partial charge is 0.500 e. The van der Waals surface area contributed by atoms with E-state index < -0.39 is 5.41 Å². The van der Waals surface area contributed by atoms with Crippen molar-refractivity contribution in [2.75, 3.05) is 47.9 Å². The first kappa shape index (κ1) is 21.8. The first-order valence-electron chi connectivity index (χ1n) is 10.4. The van der Waals surface area contributed by atoms with Crippen molar-refractivity contribution in [1.82, 2.24) is 9.80 Å². The van der Waals surface area contributed by atoms with Gasteiger partial charge in [0.05, 0.1) is 25.0 Å². The van der Waals surface area contributed by atoms with Crippen LogP contribution in [0.25, 0.3) is 0 Å². The Hall–Kier alpha value is -1.49. The molecule has 0 unspecified atom stereocenters. The Morgan fingerprint density at radius 1 is 1.11 bits per heavy atom. The van der Waals surface area contributed by atoms with Gasteiger partial charge in [0.25, 0.3) is 0 Å². The van der Waals surface area contributed by atoms with Gasteiger partial charge in [-0.1, -0.05) is 26.7 Å². The predicted molar refractivity (Wildman–Crippen MR) is 109 cm³/mol. The number of likely N-dealkylation sites (tertiary alicyclic amines) is 1. The van der Waals surface area contributed by atoms with E-state index in [1.165, 1.54) is 0 Å². The lowest BCUT2D eigenvalue weighted by atomic mass is 9.67. The van der Waals surface area contributed by atoms with E-state index in [2.05, 4.69) is 45.0 Å². The average molecular weight is 379 g/mol. The highest BCUT2D eigenvalue weighted by Gasteiger charge is 2.52. The summed E-state index contributed by atoms with van der Waals surface area (Å²) in [5.41, 5.74) is -0.858. The van der Waals surface area contributed by atoms with E-state index in [0.29, 0.717) is 0 Å². The summed E-state index contributed by atoms with van der Waals surface area (Å²) in [5.74, 6) is 1.99. The van der Waals surface area contributed by atoms with Crippen molar-refractivity contribution in [3.63, 3.8) is 0 Å². The summed E-state index contributed by atoms with van der Waals surface area (Å²) < 4.78 is 11.7. The van der Waals surface area contributed by atoms with Crippen LogP contribution >= 0.6 is 0 Å². The van der Waals surface area contributed by atoms with Gasteiger partial charge in [0.15, 0.2) is 0 Å². The number of ether oxygens (including phenoxy) is 2. The molecule has 0 N–H and O–H groups in total. The summed E-state index contributed by atoms with van der Waals surface area (Å²) in [4.78, 5) is 17.5. The molecule has 2 rings (SSSR count). The number of methoxy groups -OCH3 is 2. The molecule has 154 valence electrons. The Morgan fingerprint density at radius 3 is 2.22 bits per heavy atom. The van der Waals surface area contributed by atoms with E-state index in [1.54, 1.807) is 14.2 Å². The molecule has 1 aliphatic carbocycles. The van der Waals surface area contributed by atoms with E-state index in [1.807, 2.05) is 4.90 Å². The molecule has 1 amide bonds. The van der Waals surface area contributed by atoms with Gasteiger partial charge in [-0.25, -0.2) is 0 Å². The van der Waals surface area contributed by atoms with Gasteiger partial charge in [-0.3, -0.25) is 4.79 Å². The van der Waals surface area contributed by atoms with Gasteiger partial charge in [-0.05, 0) is 58.5 Å². The number of carbonyl (C=O) groups excluding carboxylic acids is 1. The fourth-order valence-electron chi connectivity index (χ4n) is 4.55. The van der Waals surface area contributed by atoms with Crippen LogP contribution < -0.4 is 0 Å². The molecule has 1 aliphatic heterocycles. The molecule has 1 spiro atoms. The topological polar surface area (TPSA) is 42.0 Å². The molecule has 2 aliphatic rings. The molecule has 0 aromatic carbocycles. The SMILES string of the molecule is CCCCC1(CC)C(OC)=CC2(C=C1OC)CCN(CCCN(C)C)C2=O. The van der Waals surface area contributed by atoms with E-state index in [0.717, 1.165) is 69.7 Å². The smallest absolute Gasteiger partial charge is 0.236 e. The molecule has 1 saturated heterocycles. The number of nitrogens with zero attached hydrogens (tertiary/aromatic N) is 2. The van der Waals surface area contributed by atoms with Gasteiger partial charge in [-0.15, -0.1) is 0 Å². The third-order valence-electron chi connectivity index (χ3n) is 6.24. The second kappa shape index (κ2) is 9.13. The highest BCUT2D eigenvalue weighted by Crippen LogP contribution is 2.52. The van der Waals surface area contributed by atoms with Crippen LogP contribution in [-0.2, 0) is 14.3 Å². The maximum Gasteiger partial charge on any atom is 0.236 e. The molecule has 0 radical (unpaired) electrons. The van der Waals surface area contributed by atoms with Crippen molar-refractivity contribution in [3.05, 3.63) is 23.7 Å². The van der Waals surface area contributed by atoms with Crippen LogP contribution in [0.4, 0.5) is 0 Å². The van der Waals surface area contributed by atoms with Gasteiger partial charge in [0, 0.05) is 13.1 Å². The van der Waals surface area contributed by atoms with Crippen LogP contribution in [0.15, 0.2) is 23.7 Å². The maximum absolute atomic E-state index is 13.3. The second-order valence-corrected chi connectivity index (χ2v) is 8.20. The summed E-state index contributed by atoms with van der Waals surface area (Å²) >= 11 is 0. The number of carbonyl (C=O) groups is 1. The zero-order valence-electron chi connectivity index (χ0n) is 18.1. The van der Waals surface area contributed by atoms with Crippen molar-refractivity contribution >= 4 is 5.91 Å². The summed E-state index contributed by atoms with van der Waals surface area (Å²) in [6.45, 7) is 6.97. The summed E-state index contributed by atoms with van der Waals surface area (Å²) in [7, 11) is 7.58. The van der Waals surface area contributed by atoms with Gasteiger partial charge in [0.2, 0.25) is 5.91 Å². The van der Waals surface area contributed by atoms with E-state index in [4.69, 9.17) is 9.47 Å². The van der Waals surface area contributed by atoms with Gasteiger partial charge < -0.3 is 19.3 Å². The lowest BCUT2D eigenvalue weighted by Crippen LogP contribution is -2.39. The summed E-state index contributed by atoms with van der Waals surface area (Å²) in [6, 6.07) is 0. The van der Waals surface area contributed by atoms with Crippen molar-refractivity contribution < 1.29 is 14.3 Å². The quantitative estimate of drug-likeness (QED) is 0.580. The monoisotopic (exact) mass is 378 g/mol. The molecule has 0 saturated carbocycles. The Morgan fingerprint density at radius 2 is 1.74 bits per heavy atom. The van der Waals surface area contributed by atoms with E-state index in [-0.39, 0.29) is 11.3 Å². The van der Waals surface area contributed by atoms with Crippen molar-refractivity contribution in [1.29, 1.82) is 0 Å². The molecule has 0 atom stereocenters. The lowest BCUT2D eigenvalue weighted by molar-refractivity contribution is -0.132. The maximum atomic E-state index is 13.3. The van der Waals surface area contributed by atoms with Crippen molar-refractivity contribution in [2.45, 2.75) is 52.4 Å². The van der Waals surface area contributed by atoms with Gasteiger partial charge >= 0.3 is 0 Å². The van der Waals surface area contributed by atoms with Crippen LogP contribution in [0.3, 0.4) is 0 Å². The van der Waals surface area contributed by atoms with Crippen LogP contribution in [0.1, 0.15) is 52.4 Å². The van der Waals surface area contributed by atoms with Crippen LogP contribution in [0.2, 0.25) is 0 Å². The van der Waals surface area contributed by atoms with Crippen molar-refractivity contribution in [2.24, 2.45) is 10.8 Å². The zero-order valence-corrected chi connectivity index (χ0v) is 18.1. The minimum Gasteiger partial charge on any atom is -0.500 e. The van der Waals surface area contributed by atoms with Gasteiger partial charge in [-0.2, -0.15) is 0 Å². The molecule has 0 bridgehead atoms. The number of hydrogen-bond acceptors (Lipinski definition) is 4. The molecule has 1 heterocycles. The van der Waals surface area contributed by atoms with E-state index in [9.17, 15) is 4.79 Å². The molecule has 5 heteroatoms. The minimum absolute atomic E-state index is 0.186. The molecule has 0 aromatic rings. The fraction of sp³-hybridized carbons (Fsp3) is 0.773. The summed E-state index contributed by atoms with van der Waals surface area (Å²) in [6.07, 6.45) is 10.1. The molecule has 1 fully saturated rings. The molecular formula is C22H38N2O3. The highest BCUT2D eigenvalue weighted by atomic mass is 16.5. The highest BCUT2D eigenvalue weighted by molar-refractivity contribution is 5.89. The second-order valence-electron chi connectivity index (χ2n) is 8.20. The Kier molecular flexibility index (Phi) is 7.38. The Labute approximate surface area is 165 Å². The predicted octanol–water partition coefficient (Wildman–Crippen LogP) is 3.82. The fourth-order valence-corrected chi connectivity index (χ4v) is 4.55. The lowest BCUT2D eigenvalue weighted by Gasteiger charge is -2.41. The minimum atomic E-state index is -0.611. The number of rotatable bonds is 10. The third-order valence-corrected chi connectivity index (χ3v) is 6.24. The first-order chi connectivity index (χ1) is 12.9. The normalized spacial score (nSPS) is 28.0. The zero-order chi connectivity index (χ0) is 20.1. The first-order valence-corrected chi connectivity index (χ1v) is 10.4.